The molecule has 2 saturated heterocycles. The van der Waals surface area contributed by atoms with Gasteiger partial charge in [-0.3, -0.25) is 9.59 Å². The van der Waals surface area contributed by atoms with Crippen molar-refractivity contribution in [3.63, 3.8) is 0 Å². The highest BCUT2D eigenvalue weighted by Crippen LogP contribution is 2.23. The van der Waals surface area contributed by atoms with Crippen LogP contribution in [0.25, 0.3) is 0 Å². The quantitative estimate of drug-likeness (QED) is 0.760. The van der Waals surface area contributed by atoms with Crippen molar-refractivity contribution in [1.82, 2.24) is 4.90 Å². The summed E-state index contributed by atoms with van der Waals surface area (Å²) in [6.45, 7) is 4.17. The highest BCUT2D eigenvalue weighted by molar-refractivity contribution is 7.91. The fraction of sp³-hybridized carbons (Fsp3) is 0.529. The second-order valence-corrected chi connectivity index (χ2v) is 8.74. The van der Waals surface area contributed by atoms with Gasteiger partial charge in [0.2, 0.25) is 5.91 Å². The minimum Gasteiger partial charge on any atom is -0.368 e. The van der Waals surface area contributed by atoms with Gasteiger partial charge in [0.15, 0.2) is 15.6 Å². The number of piperazine rings is 1. The molecule has 2 fully saturated rings. The van der Waals surface area contributed by atoms with Crippen LogP contribution in [-0.4, -0.2) is 62.7 Å². The molecule has 2 aliphatic rings. The molecular formula is C17H22N2O4S. The minimum atomic E-state index is -3.03. The van der Waals surface area contributed by atoms with Crippen LogP contribution in [0.4, 0.5) is 5.69 Å². The number of Topliss-reactive ketones (excluding diaryl/α,β-unsaturated/α-hetero) is 1. The summed E-state index contributed by atoms with van der Waals surface area (Å²) in [7, 11) is -3.03. The van der Waals surface area contributed by atoms with Crippen LogP contribution in [0.5, 0.6) is 0 Å². The van der Waals surface area contributed by atoms with Crippen LogP contribution >= 0.6 is 0 Å². The number of ketones is 1. The molecule has 7 heteroatoms. The molecule has 3 rings (SSSR count). The van der Waals surface area contributed by atoms with Crippen molar-refractivity contribution in [2.24, 2.45) is 5.92 Å². The van der Waals surface area contributed by atoms with Crippen LogP contribution in [0, 0.1) is 5.92 Å². The maximum absolute atomic E-state index is 12.5. The van der Waals surface area contributed by atoms with E-state index in [0.717, 1.165) is 5.69 Å². The third-order valence-corrected chi connectivity index (χ3v) is 6.58. The van der Waals surface area contributed by atoms with Gasteiger partial charge in [0.1, 0.15) is 0 Å². The summed E-state index contributed by atoms with van der Waals surface area (Å²) in [6, 6.07) is 7.49. The Kier molecular flexibility index (Phi) is 4.62. The first-order valence-corrected chi connectivity index (χ1v) is 10.0. The Balaban J connectivity index is 1.57. The fourth-order valence-electron chi connectivity index (χ4n) is 3.34. The molecule has 1 amide bonds. The van der Waals surface area contributed by atoms with Gasteiger partial charge in [-0.1, -0.05) is 0 Å². The van der Waals surface area contributed by atoms with E-state index in [1.165, 1.54) is 0 Å². The van der Waals surface area contributed by atoms with E-state index in [0.29, 0.717) is 38.2 Å². The summed E-state index contributed by atoms with van der Waals surface area (Å²) in [6.07, 6.45) is 0.452. The van der Waals surface area contributed by atoms with E-state index in [-0.39, 0.29) is 29.1 Å². The van der Waals surface area contributed by atoms with Crippen LogP contribution in [0.15, 0.2) is 24.3 Å². The molecule has 1 aromatic carbocycles. The molecule has 0 radical (unpaired) electrons. The maximum atomic E-state index is 12.5. The standard InChI is InChI=1S/C17H22N2O4S/c1-13(20)14-2-4-16(5-3-14)18-7-9-19(10-8-18)17(21)15-6-11-24(22,23)12-15/h2-5,15H,6-12H2,1H3/t15-/m0/s1. The van der Waals surface area contributed by atoms with E-state index in [9.17, 15) is 18.0 Å². The zero-order chi connectivity index (χ0) is 17.3. The monoisotopic (exact) mass is 350 g/mol. The Labute approximate surface area is 142 Å². The topological polar surface area (TPSA) is 74.8 Å². The summed E-state index contributed by atoms with van der Waals surface area (Å²) in [4.78, 5) is 27.7. The molecule has 0 aliphatic carbocycles. The molecule has 0 spiro atoms. The Bertz CT molecular complexity index is 734. The molecule has 24 heavy (non-hydrogen) atoms. The number of rotatable bonds is 3. The highest BCUT2D eigenvalue weighted by atomic mass is 32.2. The van der Waals surface area contributed by atoms with Crippen molar-refractivity contribution >= 4 is 27.2 Å². The van der Waals surface area contributed by atoms with Crippen molar-refractivity contribution in [3.05, 3.63) is 29.8 Å². The molecule has 0 unspecified atom stereocenters. The summed E-state index contributed by atoms with van der Waals surface area (Å²) in [5, 5.41) is 0. The Hall–Kier alpha value is -1.89. The van der Waals surface area contributed by atoms with E-state index in [2.05, 4.69) is 4.90 Å². The molecule has 130 valence electrons. The summed E-state index contributed by atoms with van der Waals surface area (Å²) >= 11 is 0. The molecule has 2 heterocycles. The lowest BCUT2D eigenvalue weighted by Gasteiger charge is -2.37. The second-order valence-electron chi connectivity index (χ2n) is 6.52. The number of anilines is 1. The van der Waals surface area contributed by atoms with Gasteiger partial charge in [-0.25, -0.2) is 8.42 Å². The van der Waals surface area contributed by atoms with Crippen LogP contribution in [-0.2, 0) is 14.6 Å². The molecular weight excluding hydrogens is 328 g/mol. The molecule has 0 bridgehead atoms. The average Bonchev–Trinajstić information content (AvgIpc) is 2.94. The fourth-order valence-corrected chi connectivity index (χ4v) is 5.07. The molecule has 2 aliphatic heterocycles. The SMILES string of the molecule is CC(=O)c1ccc(N2CCN(C(=O)[C@H]3CCS(=O)(=O)C3)CC2)cc1. The molecule has 0 N–H and O–H groups in total. The number of amides is 1. The normalized spacial score (nSPS) is 23.3. The van der Waals surface area contributed by atoms with Gasteiger partial charge in [0, 0.05) is 37.4 Å². The lowest BCUT2D eigenvalue weighted by molar-refractivity contribution is -0.135. The predicted octanol–water partition coefficient (Wildman–Crippen LogP) is 0.972. The van der Waals surface area contributed by atoms with Gasteiger partial charge in [-0.05, 0) is 37.6 Å². The summed E-state index contributed by atoms with van der Waals surface area (Å²) in [5.74, 6) is -0.215. The molecule has 1 aromatic rings. The first kappa shape index (κ1) is 17.0. The first-order valence-electron chi connectivity index (χ1n) is 8.21. The Morgan fingerprint density at radius 2 is 1.67 bits per heavy atom. The number of hydrogen-bond acceptors (Lipinski definition) is 5. The van der Waals surface area contributed by atoms with Gasteiger partial charge < -0.3 is 9.80 Å². The first-order chi connectivity index (χ1) is 11.4. The van der Waals surface area contributed by atoms with E-state index in [4.69, 9.17) is 0 Å². The number of carbonyl (C=O) groups excluding carboxylic acids is 2. The van der Waals surface area contributed by atoms with Crippen molar-refractivity contribution in [2.45, 2.75) is 13.3 Å². The van der Waals surface area contributed by atoms with Crippen molar-refractivity contribution < 1.29 is 18.0 Å². The van der Waals surface area contributed by atoms with Crippen molar-refractivity contribution in [1.29, 1.82) is 0 Å². The van der Waals surface area contributed by atoms with Gasteiger partial charge in [0.25, 0.3) is 0 Å². The van der Waals surface area contributed by atoms with E-state index in [1.807, 2.05) is 24.3 Å². The Morgan fingerprint density at radius 1 is 1.04 bits per heavy atom. The number of sulfone groups is 1. The number of carbonyl (C=O) groups is 2. The molecule has 0 saturated carbocycles. The zero-order valence-electron chi connectivity index (χ0n) is 13.8. The highest BCUT2D eigenvalue weighted by Gasteiger charge is 2.36. The van der Waals surface area contributed by atoms with Crippen LogP contribution < -0.4 is 4.90 Å². The van der Waals surface area contributed by atoms with E-state index in [1.54, 1.807) is 11.8 Å². The number of hydrogen-bond donors (Lipinski definition) is 0. The third-order valence-electron chi connectivity index (χ3n) is 4.81. The minimum absolute atomic E-state index is 0.00143. The summed E-state index contributed by atoms with van der Waals surface area (Å²) in [5.41, 5.74) is 1.73. The number of nitrogens with zero attached hydrogens (tertiary/aromatic N) is 2. The number of benzene rings is 1. The average molecular weight is 350 g/mol. The van der Waals surface area contributed by atoms with Crippen LogP contribution in [0.1, 0.15) is 23.7 Å². The van der Waals surface area contributed by atoms with Crippen LogP contribution in [0.2, 0.25) is 0 Å². The molecule has 0 aromatic heterocycles. The van der Waals surface area contributed by atoms with Crippen molar-refractivity contribution in [2.75, 3.05) is 42.6 Å². The molecule has 6 nitrogen and oxygen atoms in total. The van der Waals surface area contributed by atoms with Crippen molar-refractivity contribution in [3.8, 4) is 0 Å². The lowest BCUT2D eigenvalue weighted by Crippen LogP contribution is -2.50. The van der Waals surface area contributed by atoms with E-state index >= 15 is 0 Å². The van der Waals surface area contributed by atoms with Crippen LogP contribution in [0.3, 0.4) is 0 Å². The Morgan fingerprint density at radius 3 is 2.17 bits per heavy atom. The van der Waals surface area contributed by atoms with Gasteiger partial charge in [-0.2, -0.15) is 0 Å². The smallest absolute Gasteiger partial charge is 0.226 e. The zero-order valence-corrected chi connectivity index (χ0v) is 14.6. The summed E-state index contributed by atoms with van der Waals surface area (Å²) < 4.78 is 23.1. The van der Waals surface area contributed by atoms with Gasteiger partial charge in [0.05, 0.1) is 17.4 Å². The lowest BCUT2D eigenvalue weighted by atomic mass is 10.1. The largest absolute Gasteiger partial charge is 0.368 e. The third kappa shape index (κ3) is 3.61. The van der Waals surface area contributed by atoms with Gasteiger partial charge >= 0.3 is 0 Å². The second kappa shape index (κ2) is 6.55. The van der Waals surface area contributed by atoms with Gasteiger partial charge in [-0.15, -0.1) is 0 Å². The predicted molar refractivity (Wildman–Crippen MR) is 92.0 cm³/mol. The maximum Gasteiger partial charge on any atom is 0.226 e. The van der Waals surface area contributed by atoms with E-state index < -0.39 is 9.84 Å². The molecule has 1 atom stereocenters.